The van der Waals surface area contributed by atoms with E-state index in [1.54, 1.807) is 0 Å². The van der Waals surface area contributed by atoms with Crippen LogP contribution in [0, 0.1) is 0 Å². The standard InChI is InChI=1S/C85H136O17P2/c1-5-9-13-17-21-25-29-33-36-39-42-46-49-53-57-61-65-69-82(87)95-75-80(101-84(89)71-67-63-59-55-51-45-32-28-24-20-16-12-8-4)77-99-103(91,92)97-73-79(86)74-98-104(93,94)100-78-81(102-85(90)72-68-64-60-56-52-48-44-41-38-35-31-27-23-19-15-11-7-3)76-96-83(88)70-66-62-58-54-50-47-43-40-37-34-30-26-22-18-14-10-6-2/h9-11,13-15,21-23,25-27,33-38,42-44,46-48,53-54,56-58,60,79-81,86H,5-8,12,16-20,24,28-32,39-41,45,49-52,55,59,61-78H2,1-4H3,(H,91,92)(H,93,94)/b13-9-,14-10-,15-11-,25-21-,26-22-,27-23-,36-33-,37-34-,38-35-,46-42-,47-43-,48-44-,57-53-,58-54-,60-56-. The first-order valence-corrected chi connectivity index (χ1v) is 42.0. The van der Waals surface area contributed by atoms with Crippen LogP contribution in [0.15, 0.2) is 182 Å². The van der Waals surface area contributed by atoms with Gasteiger partial charge in [0.1, 0.15) is 19.3 Å². The molecular formula is C85H136O17P2. The van der Waals surface area contributed by atoms with Crippen molar-refractivity contribution in [3.63, 3.8) is 0 Å². The van der Waals surface area contributed by atoms with Crippen molar-refractivity contribution >= 4 is 39.5 Å². The minimum absolute atomic E-state index is 0.00379. The van der Waals surface area contributed by atoms with Gasteiger partial charge < -0.3 is 33.8 Å². The summed E-state index contributed by atoms with van der Waals surface area (Å²) in [4.78, 5) is 72.9. The molecule has 0 aromatic rings. The number of hydrogen-bond acceptors (Lipinski definition) is 15. The molecule has 0 heterocycles. The predicted molar refractivity (Wildman–Crippen MR) is 426 cm³/mol. The molecule has 0 spiro atoms. The summed E-state index contributed by atoms with van der Waals surface area (Å²) >= 11 is 0. The molecule has 0 bridgehead atoms. The van der Waals surface area contributed by atoms with Gasteiger partial charge in [-0.1, -0.05) is 287 Å². The van der Waals surface area contributed by atoms with E-state index >= 15 is 0 Å². The third kappa shape index (κ3) is 74.4. The largest absolute Gasteiger partial charge is 0.472 e. The molecule has 19 heteroatoms. The first-order chi connectivity index (χ1) is 50.7. The second-order valence-corrected chi connectivity index (χ2v) is 28.1. The third-order valence-electron chi connectivity index (χ3n) is 15.4. The molecule has 17 nitrogen and oxygen atoms in total. The number of unbranched alkanes of at least 4 members (excludes halogenated alkanes) is 15. The topological polar surface area (TPSA) is 237 Å². The van der Waals surface area contributed by atoms with Gasteiger partial charge in [0, 0.05) is 25.7 Å². The molecule has 0 radical (unpaired) electrons. The molecule has 0 aromatic carbocycles. The van der Waals surface area contributed by atoms with E-state index in [2.05, 4.69) is 174 Å². The highest BCUT2D eigenvalue weighted by molar-refractivity contribution is 7.47. The summed E-state index contributed by atoms with van der Waals surface area (Å²) in [5.41, 5.74) is 0. The summed E-state index contributed by atoms with van der Waals surface area (Å²) in [5.74, 6) is -2.39. The molecule has 0 saturated heterocycles. The fourth-order valence-corrected chi connectivity index (χ4v) is 11.1. The Kier molecular flexibility index (Phi) is 71.2. The lowest BCUT2D eigenvalue weighted by molar-refractivity contribution is -0.161. The molecule has 0 rings (SSSR count). The molecule has 0 fully saturated rings. The molecule has 5 unspecified atom stereocenters. The van der Waals surface area contributed by atoms with Crippen LogP contribution in [0.1, 0.15) is 272 Å². The molecule has 588 valence electrons. The summed E-state index contributed by atoms with van der Waals surface area (Å²) in [6.45, 7) is 4.31. The van der Waals surface area contributed by atoms with E-state index in [9.17, 15) is 43.2 Å². The predicted octanol–water partition coefficient (Wildman–Crippen LogP) is 22.8. The number of carbonyl (C=O) groups is 4. The van der Waals surface area contributed by atoms with Crippen molar-refractivity contribution in [2.45, 2.75) is 290 Å². The quantitative estimate of drug-likeness (QED) is 0.0169. The van der Waals surface area contributed by atoms with Crippen molar-refractivity contribution in [1.82, 2.24) is 0 Å². The van der Waals surface area contributed by atoms with Crippen LogP contribution in [0.25, 0.3) is 0 Å². The van der Waals surface area contributed by atoms with E-state index in [1.807, 2.05) is 36.5 Å². The molecule has 5 atom stereocenters. The van der Waals surface area contributed by atoms with Crippen LogP contribution in [0.3, 0.4) is 0 Å². The van der Waals surface area contributed by atoms with E-state index in [1.165, 1.54) is 51.4 Å². The molecular weight excluding hydrogens is 1350 g/mol. The molecule has 0 aliphatic heterocycles. The van der Waals surface area contributed by atoms with E-state index in [4.69, 9.17) is 37.0 Å². The minimum atomic E-state index is -5.02. The van der Waals surface area contributed by atoms with Gasteiger partial charge in [0.15, 0.2) is 12.2 Å². The van der Waals surface area contributed by atoms with E-state index in [0.29, 0.717) is 44.9 Å². The smallest absolute Gasteiger partial charge is 0.462 e. The van der Waals surface area contributed by atoms with Crippen molar-refractivity contribution in [3.05, 3.63) is 182 Å². The lowest BCUT2D eigenvalue weighted by Crippen LogP contribution is -2.30. The number of phosphoric acid groups is 2. The zero-order valence-corrected chi connectivity index (χ0v) is 65.9. The first-order valence-electron chi connectivity index (χ1n) is 39.0. The number of aliphatic hydroxyl groups is 1. The third-order valence-corrected chi connectivity index (χ3v) is 17.3. The fraction of sp³-hybridized carbons (Fsp3) is 0.600. The van der Waals surface area contributed by atoms with Crippen molar-refractivity contribution in [1.29, 1.82) is 0 Å². The van der Waals surface area contributed by atoms with Crippen LogP contribution >= 0.6 is 15.6 Å². The SMILES string of the molecule is CC/C=C\C/C=C\C/C=C\C/C=C\C/C=C\CCCC(=O)OCC(COP(=O)(O)OCC(O)COP(=O)(O)OCC(COC(=O)CCC/C=C\C/C=C\C/C=C\C/C=C\C/C=C\CC)OC(=O)CCCCCCCCCCCCCCC)OC(=O)CCC/C=C\C/C=C\C/C=C\C/C=C\C/C=C\CC. The second kappa shape index (κ2) is 75.4. The highest BCUT2D eigenvalue weighted by Gasteiger charge is 2.30. The van der Waals surface area contributed by atoms with Crippen LogP contribution in [0.5, 0.6) is 0 Å². The Morgan fingerprint density at radius 2 is 0.500 bits per heavy atom. The van der Waals surface area contributed by atoms with Crippen LogP contribution in [0.2, 0.25) is 0 Å². The summed E-state index contributed by atoms with van der Waals surface area (Å²) in [6.07, 6.45) is 90.5. The lowest BCUT2D eigenvalue weighted by atomic mass is 10.0. The van der Waals surface area contributed by atoms with Gasteiger partial charge in [-0.05, 0) is 141 Å². The van der Waals surface area contributed by atoms with Crippen LogP contribution < -0.4 is 0 Å². The van der Waals surface area contributed by atoms with Gasteiger partial charge >= 0.3 is 39.5 Å². The van der Waals surface area contributed by atoms with Crippen LogP contribution in [-0.2, 0) is 65.4 Å². The number of rotatable bonds is 71. The van der Waals surface area contributed by atoms with Crippen molar-refractivity contribution < 1.29 is 80.2 Å². The maximum absolute atomic E-state index is 13.1. The Hall–Kier alpha value is -5.84. The molecule has 0 amide bonds. The zero-order valence-electron chi connectivity index (χ0n) is 64.1. The molecule has 0 aromatic heterocycles. The number of esters is 4. The molecule has 104 heavy (non-hydrogen) atoms. The molecule has 0 saturated carbocycles. The summed E-state index contributed by atoms with van der Waals surface area (Å²) in [7, 11) is -10.0. The van der Waals surface area contributed by atoms with Crippen LogP contribution in [0.4, 0.5) is 0 Å². The number of aliphatic hydroxyl groups excluding tert-OH is 1. The molecule has 0 aliphatic carbocycles. The Labute approximate surface area is 628 Å². The number of hydrogen-bond donors (Lipinski definition) is 3. The first kappa shape index (κ1) is 98.2. The van der Waals surface area contributed by atoms with Gasteiger partial charge in [0.25, 0.3) is 0 Å². The zero-order chi connectivity index (χ0) is 76.0. The number of allylic oxidation sites excluding steroid dienone is 30. The van der Waals surface area contributed by atoms with Gasteiger partial charge in [-0.2, -0.15) is 0 Å². The highest BCUT2D eigenvalue weighted by atomic mass is 31.2. The summed E-state index contributed by atoms with van der Waals surface area (Å²) in [6, 6.07) is 0. The summed E-state index contributed by atoms with van der Waals surface area (Å²) in [5, 5.41) is 10.6. The van der Waals surface area contributed by atoms with E-state index < -0.39 is 97.5 Å². The van der Waals surface area contributed by atoms with Gasteiger partial charge in [-0.15, -0.1) is 0 Å². The monoisotopic (exact) mass is 1490 g/mol. The number of ether oxygens (including phenoxy) is 4. The highest BCUT2D eigenvalue weighted by Crippen LogP contribution is 2.45. The Bertz CT molecular complexity index is 2690. The Morgan fingerprint density at radius 1 is 0.279 bits per heavy atom. The van der Waals surface area contributed by atoms with Crippen molar-refractivity contribution in [2.75, 3.05) is 39.6 Å². The average Bonchev–Trinajstić information content (AvgIpc) is 0.910. The Morgan fingerprint density at radius 3 is 0.769 bits per heavy atom. The second-order valence-electron chi connectivity index (χ2n) is 25.2. The van der Waals surface area contributed by atoms with Crippen molar-refractivity contribution in [3.8, 4) is 0 Å². The molecule has 3 N–H and O–H groups in total. The van der Waals surface area contributed by atoms with Crippen LogP contribution in [-0.4, -0.2) is 96.7 Å². The maximum atomic E-state index is 13.1. The van der Waals surface area contributed by atoms with E-state index in [0.717, 1.165) is 122 Å². The van der Waals surface area contributed by atoms with Gasteiger partial charge in [0.05, 0.1) is 26.4 Å². The average molecular weight is 1490 g/mol. The lowest BCUT2D eigenvalue weighted by Gasteiger charge is -2.21. The Balaban J connectivity index is 5.52. The van der Waals surface area contributed by atoms with E-state index in [-0.39, 0.29) is 25.7 Å². The molecule has 0 aliphatic rings. The van der Waals surface area contributed by atoms with Gasteiger partial charge in [-0.25, -0.2) is 9.13 Å². The number of phosphoric ester groups is 2. The normalized spacial score (nSPS) is 14.9. The number of carbonyl (C=O) groups excluding carboxylic acids is 4. The van der Waals surface area contributed by atoms with Gasteiger partial charge in [0.2, 0.25) is 0 Å². The van der Waals surface area contributed by atoms with Crippen molar-refractivity contribution in [2.24, 2.45) is 0 Å². The summed E-state index contributed by atoms with van der Waals surface area (Å²) < 4.78 is 68.4. The minimum Gasteiger partial charge on any atom is -0.462 e. The van der Waals surface area contributed by atoms with Gasteiger partial charge in [-0.3, -0.25) is 37.3 Å². The maximum Gasteiger partial charge on any atom is 0.472 e. The fourth-order valence-electron chi connectivity index (χ4n) is 9.56.